The van der Waals surface area contributed by atoms with E-state index in [9.17, 15) is 19.8 Å². The van der Waals surface area contributed by atoms with Gasteiger partial charge in [-0.25, -0.2) is 0 Å². The highest BCUT2D eigenvalue weighted by Gasteiger charge is 2.24. The zero-order chi connectivity index (χ0) is 15.3. The molecule has 0 aliphatic heterocycles. The van der Waals surface area contributed by atoms with Crippen molar-refractivity contribution in [3.05, 3.63) is 35.4 Å². The highest BCUT2D eigenvalue weighted by molar-refractivity contribution is 6.53. The summed E-state index contributed by atoms with van der Waals surface area (Å²) in [7, 11) is 0. The molecule has 0 saturated heterocycles. The Bertz CT molecular complexity index is 477. The van der Waals surface area contributed by atoms with Crippen LogP contribution in [0, 0.1) is 0 Å². The average Bonchev–Trinajstić information content (AvgIpc) is 2.43. The van der Waals surface area contributed by atoms with Crippen LogP contribution < -0.4 is 10.4 Å². The summed E-state index contributed by atoms with van der Waals surface area (Å²) in [6, 6.07) is 4.18. The highest BCUT2D eigenvalue weighted by atomic mass is 35.5. The molecule has 1 rings (SSSR count). The van der Waals surface area contributed by atoms with E-state index in [0.717, 1.165) is 0 Å². The molecule has 1 aromatic rings. The predicted molar refractivity (Wildman–Crippen MR) is 70.2 cm³/mol. The summed E-state index contributed by atoms with van der Waals surface area (Å²) in [4.78, 5) is 20.6. The maximum absolute atomic E-state index is 11.3. The Morgan fingerprint density at radius 2 is 1.80 bits per heavy atom. The van der Waals surface area contributed by atoms with Crippen LogP contribution in [0.2, 0.25) is 0 Å². The van der Waals surface area contributed by atoms with Crippen molar-refractivity contribution in [3.63, 3.8) is 0 Å². The van der Waals surface area contributed by atoms with Crippen molar-refractivity contribution in [2.45, 2.75) is 17.0 Å². The minimum absolute atomic E-state index is 0.0490. The third-order valence-electron chi connectivity index (χ3n) is 2.59. The molecule has 3 N–H and O–H groups in total. The van der Waals surface area contributed by atoms with Crippen molar-refractivity contribution in [2.75, 3.05) is 6.61 Å². The van der Waals surface area contributed by atoms with Crippen molar-refractivity contribution in [3.8, 4) is 0 Å². The summed E-state index contributed by atoms with van der Waals surface area (Å²) in [5.74, 6) is -2.09. The number of nitrogens with one attached hydrogen (secondary N) is 1. The predicted octanol–water partition coefficient (Wildman–Crippen LogP) is -0.636. The molecule has 1 aromatic carbocycles. The van der Waals surface area contributed by atoms with Gasteiger partial charge in [0.2, 0.25) is 0 Å². The number of carboxylic acid groups (broad SMARTS) is 1. The number of hydrogen-bond donors (Lipinski definition) is 3. The van der Waals surface area contributed by atoms with Crippen molar-refractivity contribution < 1.29 is 24.9 Å². The van der Waals surface area contributed by atoms with E-state index in [4.69, 9.17) is 28.3 Å². The van der Waals surface area contributed by atoms with E-state index in [1.165, 1.54) is 24.3 Å². The average molecular weight is 321 g/mol. The van der Waals surface area contributed by atoms with Crippen LogP contribution in [-0.2, 0) is 4.79 Å². The summed E-state index contributed by atoms with van der Waals surface area (Å²) in [6.45, 7) is -0.546. The second-order valence-electron chi connectivity index (χ2n) is 3.95. The van der Waals surface area contributed by atoms with Gasteiger partial charge in [0.05, 0.1) is 18.6 Å². The van der Waals surface area contributed by atoms with Gasteiger partial charge >= 0.3 is 0 Å². The number of halogens is 2. The first-order valence-corrected chi connectivity index (χ1v) is 6.43. The first kappa shape index (κ1) is 16.7. The number of rotatable bonds is 6. The fourth-order valence-electron chi connectivity index (χ4n) is 1.52. The Morgan fingerprint density at radius 1 is 1.25 bits per heavy atom. The van der Waals surface area contributed by atoms with Crippen LogP contribution in [0.25, 0.3) is 0 Å². The molecule has 0 spiro atoms. The Labute approximate surface area is 124 Å². The molecule has 0 fully saturated rings. The second kappa shape index (κ2) is 7.44. The van der Waals surface area contributed by atoms with Crippen molar-refractivity contribution in [1.82, 2.24) is 5.32 Å². The first-order chi connectivity index (χ1) is 9.36. The minimum Gasteiger partial charge on any atom is -0.545 e. The minimum atomic E-state index is -1.34. The monoisotopic (exact) mass is 320 g/mol. The molecular formula is C12H12Cl2NO5-. The fraction of sp³-hybridized carbons (Fsp3) is 0.333. The number of aliphatic hydroxyl groups excluding tert-OH is 2. The molecule has 8 heteroatoms. The van der Waals surface area contributed by atoms with E-state index in [-0.39, 0.29) is 5.56 Å². The third-order valence-corrected chi connectivity index (χ3v) is 2.99. The van der Waals surface area contributed by atoms with Gasteiger partial charge in [-0.05, 0) is 11.1 Å². The molecule has 0 radical (unpaired) electrons. The van der Waals surface area contributed by atoms with Gasteiger partial charge in [0.1, 0.15) is 6.10 Å². The molecule has 110 valence electrons. The van der Waals surface area contributed by atoms with E-state index < -0.39 is 35.5 Å². The maximum Gasteiger partial charge on any atom is 0.253 e. The van der Waals surface area contributed by atoms with Gasteiger partial charge in [0.15, 0.2) is 4.84 Å². The van der Waals surface area contributed by atoms with Crippen LogP contribution >= 0.6 is 23.2 Å². The number of aromatic carboxylic acids is 1. The summed E-state index contributed by atoms with van der Waals surface area (Å²) in [5.41, 5.74) is 0.266. The van der Waals surface area contributed by atoms with Gasteiger partial charge in [-0.1, -0.05) is 47.5 Å². The molecule has 6 nitrogen and oxygen atoms in total. The third kappa shape index (κ3) is 4.35. The Balaban J connectivity index is 2.82. The van der Waals surface area contributed by atoms with Crippen LogP contribution in [0.15, 0.2) is 24.3 Å². The smallest absolute Gasteiger partial charge is 0.253 e. The van der Waals surface area contributed by atoms with Crippen LogP contribution in [0.5, 0.6) is 0 Å². The van der Waals surface area contributed by atoms with E-state index >= 15 is 0 Å². The van der Waals surface area contributed by atoms with E-state index in [1.54, 1.807) is 0 Å². The lowest BCUT2D eigenvalue weighted by Crippen LogP contribution is -2.44. The zero-order valence-electron chi connectivity index (χ0n) is 10.1. The largest absolute Gasteiger partial charge is 0.545 e. The molecule has 0 aliphatic carbocycles. The Hall–Kier alpha value is -1.34. The number of aliphatic hydroxyl groups is 2. The van der Waals surface area contributed by atoms with Crippen LogP contribution in [0.1, 0.15) is 22.0 Å². The molecule has 1 amide bonds. The summed E-state index contributed by atoms with van der Waals surface area (Å²) in [6.07, 6.45) is -1.24. The topological polar surface area (TPSA) is 110 Å². The van der Waals surface area contributed by atoms with Gasteiger partial charge in [0.25, 0.3) is 5.91 Å². The summed E-state index contributed by atoms with van der Waals surface area (Å²) < 4.78 is 0. The van der Waals surface area contributed by atoms with Gasteiger partial charge in [-0.15, -0.1) is 0 Å². The van der Waals surface area contributed by atoms with Gasteiger partial charge in [-0.2, -0.15) is 0 Å². The quantitative estimate of drug-likeness (QED) is 0.604. The molecule has 0 aromatic heterocycles. The fourth-order valence-corrected chi connectivity index (χ4v) is 1.64. The first-order valence-electron chi connectivity index (χ1n) is 5.55. The van der Waals surface area contributed by atoms with E-state index in [2.05, 4.69) is 5.32 Å². The number of carboxylic acids is 1. The van der Waals surface area contributed by atoms with E-state index in [0.29, 0.717) is 5.56 Å². The van der Waals surface area contributed by atoms with Crippen LogP contribution in [0.4, 0.5) is 0 Å². The van der Waals surface area contributed by atoms with Gasteiger partial charge in [0, 0.05) is 0 Å². The number of carbonyl (C=O) groups is 2. The second-order valence-corrected chi connectivity index (χ2v) is 5.05. The number of amides is 1. The molecule has 2 atom stereocenters. The Morgan fingerprint density at radius 3 is 2.20 bits per heavy atom. The lowest BCUT2D eigenvalue weighted by molar-refractivity contribution is -0.255. The van der Waals surface area contributed by atoms with Gasteiger partial charge < -0.3 is 25.4 Å². The molecular weight excluding hydrogens is 309 g/mol. The molecule has 0 aliphatic rings. The van der Waals surface area contributed by atoms with E-state index in [1.807, 2.05) is 0 Å². The van der Waals surface area contributed by atoms with Crippen molar-refractivity contribution in [1.29, 1.82) is 0 Å². The van der Waals surface area contributed by atoms with Crippen molar-refractivity contribution >= 4 is 35.1 Å². The number of hydrogen-bond acceptors (Lipinski definition) is 5. The Kier molecular flexibility index (Phi) is 6.22. The van der Waals surface area contributed by atoms with Crippen molar-refractivity contribution in [2.24, 2.45) is 0 Å². The van der Waals surface area contributed by atoms with Crippen LogP contribution in [0.3, 0.4) is 0 Å². The van der Waals surface area contributed by atoms with Crippen LogP contribution in [-0.4, -0.2) is 39.6 Å². The molecule has 0 saturated carbocycles. The number of benzene rings is 1. The maximum atomic E-state index is 11.3. The summed E-state index contributed by atoms with van der Waals surface area (Å²) >= 11 is 10.7. The van der Waals surface area contributed by atoms with Gasteiger partial charge in [-0.3, -0.25) is 4.79 Å². The molecule has 0 heterocycles. The number of carbonyl (C=O) groups excluding carboxylic acids is 2. The lowest BCUT2D eigenvalue weighted by atomic mass is 10.0. The molecule has 20 heavy (non-hydrogen) atoms. The standard InChI is InChI=1S/C12H13Cl2NO5/c13-10(14)11(18)15-8(5-16)9(17)6-1-3-7(4-2-6)12(19)20/h1-4,8-10,16-17H,5H2,(H,15,18)(H,19,20)/p-1. The lowest BCUT2D eigenvalue weighted by Gasteiger charge is -2.23. The summed E-state index contributed by atoms with van der Waals surface area (Å²) in [5, 5.41) is 32.0. The highest BCUT2D eigenvalue weighted by Crippen LogP contribution is 2.18. The number of alkyl halides is 2. The zero-order valence-corrected chi connectivity index (χ0v) is 11.6. The normalized spacial score (nSPS) is 13.8. The molecule has 0 bridgehead atoms. The molecule has 2 unspecified atom stereocenters. The SMILES string of the molecule is O=C([O-])c1ccc(C(O)C(CO)NC(=O)C(Cl)Cl)cc1.